The van der Waals surface area contributed by atoms with Crippen LogP contribution in [0.25, 0.3) is 16.6 Å². The molecule has 0 N–H and O–H groups in total. The Morgan fingerprint density at radius 3 is 2.41 bits per heavy atom. The lowest BCUT2D eigenvalue weighted by molar-refractivity contribution is 0.102. The van der Waals surface area contributed by atoms with E-state index in [1.54, 1.807) is 10.6 Å². The third kappa shape index (κ3) is 3.51. The van der Waals surface area contributed by atoms with E-state index in [-0.39, 0.29) is 17.1 Å². The fourth-order valence-corrected chi connectivity index (χ4v) is 4.26. The van der Waals surface area contributed by atoms with Crippen molar-refractivity contribution in [2.45, 2.75) is 19.0 Å². The lowest BCUT2D eigenvalue weighted by atomic mass is 10.2. The zero-order valence-corrected chi connectivity index (χ0v) is 17.4. The van der Waals surface area contributed by atoms with Gasteiger partial charge in [0.2, 0.25) is 0 Å². The minimum absolute atomic E-state index is 0.0261. The normalized spacial score (nSPS) is 11.1. The van der Waals surface area contributed by atoms with E-state index >= 15 is 0 Å². The lowest BCUT2D eigenvalue weighted by Crippen LogP contribution is -2.22. The van der Waals surface area contributed by atoms with Gasteiger partial charge in [-0.2, -0.15) is 0 Å². The van der Waals surface area contributed by atoms with E-state index in [0.717, 1.165) is 17.1 Å². The Morgan fingerprint density at radius 2 is 1.72 bits per heavy atom. The van der Waals surface area contributed by atoms with Crippen LogP contribution in [0.15, 0.2) is 70.6 Å². The molecule has 0 atom stereocenters. The van der Waals surface area contributed by atoms with Crippen molar-refractivity contribution in [2.75, 3.05) is 5.75 Å². The summed E-state index contributed by atoms with van der Waals surface area (Å²) in [5.74, 6) is 0.236. The third-order valence-electron chi connectivity index (χ3n) is 5.17. The number of aryl methyl sites for hydroxylation is 1. The van der Waals surface area contributed by atoms with Gasteiger partial charge in [0.05, 0.1) is 22.3 Å². The van der Waals surface area contributed by atoms with Crippen molar-refractivity contribution in [1.82, 2.24) is 14.1 Å². The van der Waals surface area contributed by atoms with Gasteiger partial charge in [-0.25, -0.2) is 4.98 Å². The van der Waals surface area contributed by atoms with Crippen molar-refractivity contribution in [1.29, 1.82) is 0 Å². The number of Topliss-reactive ketones (excluding diaryl/α,β-unsaturated/α-hetero) is 1. The average Bonchev–Trinajstić information content (AvgIpc) is 3.00. The van der Waals surface area contributed by atoms with E-state index in [0.29, 0.717) is 21.6 Å². The zero-order chi connectivity index (χ0) is 20.5. The van der Waals surface area contributed by atoms with Crippen LogP contribution in [0, 0.1) is 13.8 Å². The van der Waals surface area contributed by atoms with Crippen LogP contribution in [0.4, 0.5) is 0 Å². The maximum atomic E-state index is 13.2. The molecule has 2 heterocycles. The summed E-state index contributed by atoms with van der Waals surface area (Å²) in [5.41, 5.74) is 3.93. The molecule has 0 fully saturated rings. The van der Waals surface area contributed by atoms with Gasteiger partial charge in [0, 0.05) is 24.0 Å². The number of thioether (sulfide) groups is 1. The van der Waals surface area contributed by atoms with Crippen LogP contribution < -0.4 is 5.56 Å². The molecule has 0 amide bonds. The molecule has 4 rings (SSSR count). The van der Waals surface area contributed by atoms with Gasteiger partial charge in [0.25, 0.3) is 5.56 Å². The molecule has 0 aliphatic heterocycles. The summed E-state index contributed by atoms with van der Waals surface area (Å²) in [5, 5.41) is 1.07. The number of benzene rings is 2. The molecule has 146 valence electrons. The molecule has 5 nitrogen and oxygen atoms in total. The highest BCUT2D eigenvalue weighted by atomic mass is 32.2. The smallest absolute Gasteiger partial charge is 0.266 e. The maximum Gasteiger partial charge on any atom is 0.266 e. The summed E-state index contributed by atoms with van der Waals surface area (Å²) in [6, 6.07) is 18.6. The van der Waals surface area contributed by atoms with Crippen LogP contribution in [0.2, 0.25) is 0 Å². The van der Waals surface area contributed by atoms with Crippen LogP contribution in [-0.4, -0.2) is 25.7 Å². The molecule has 0 unspecified atom stereocenters. The van der Waals surface area contributed by atoms with Crippen LogP contribution in [0.5, 0.6) is 0 Å². The fraction of sp³-hybridized carbons (Fsp3) is 0.174. The molecule has 0 spiro atoms. The molecule has 0 aliphatic rings. The monoisotopic (exact) mass is 403 g/mol. The van der Waals surface area contributed by atoms with E-state index in [1.165, 1.54) is 11.8 Å². The fourth-order valence-electron chi connectivity index (χ4n) is 3.36. The predicted molar refractivity (Wildman–Crippen MR) is 117 cm³/mol. The van der Waals surface area contributed by atoms with Crippen LogP contribution in [0.1, 0.15) is 21.7 Å². The zero-order valence-electron chi connectivity index (χ0n) is 16.5. The molecule has 2 aromatic heterocycles. The van der Waals surface area contributed by atoms with Crippen LogP contribution in [-0.2, 0) is 7.05 Å². The topological polar surface area (TPSA) is 56.9 Å². The number of aromatic nitrogens is 3. The summed E-state index contributed by atoms with van der Waals surface area (Å²) in [6.07, 6.45) is 0. The van der Waals surface area contributed by atoms with Gasteiger partial charge in [0.1, 0.15) is 0 Å². The number of ketones is 1. The van der Waals surface area contributed by atoms with E-state index in [9.17, 15) is 9.59 Å². The van der Waals surface area contributed by atoms with Gasteiger partial charge in [-0.3, -0.25) is 14.2 Å². The molecule has 0 saturated heterocycles. The number of hydrogen-bond acceptors (Lipinski definition) is 4. The van der Waals surface area contributed by atoms with Crippen molar-refractivity contribution < 1.29 is 4.79 Å². The van der Waals surface area contributed by atoms with E-state index in [1.807, 2.05) is 80.1 Å². The number of para-hydroxylation sites is 2. The highest BCUT2D eigenvalue weighted by Gasteiger charge is 2.18. The highest BCUT2D eigenvalue weighted by Crippen LogP contribution is 2.23. The SMILES string of the molecule is Cc1cc(C(=O)CSc2nc3ccccc3c(=O)n2-c2ccccc2)c(C)n1C. The Morgan fingerprint density at radius 1 is 1.03 bits per heavy atom. The van der Waals surface area contributed by atoms with Gasteiger partial charge in [-0.1, -0.05) is 42.1 Å². The van der Waals surface area contributed by atoms with Gasteiger partial charge in [-0.15, -0.1) is 0 Å². The van der Waals surface area contributed by atoms with Gasteiger partial charge in [-0.05, 0) is 44.2 Å². The number of fused-ring (bicyclic) bond motifs is 1. The number of hydrogen-bond donors (Lipinski definition) is 0. The Kier molecular flexibility index (Phi) is 5.11. The second-order valence-electron chi connectivity index (χ2n) is 6.94. The first kappa shape index (κ1) is 19.2. The van der Waals surface area contributed by atoms with Crippen molar-refractivity contribution >= 4 is 28.4 Å². The van der Waals surface area contributed by atoms with E-state index in [2.05, 4.69) is 0 Å². The number of nitrogens with zero attached hydrogens (tertiary/aromatic N) is 3. The predicted octanol–water partition coefficient (Wildman–Crippen LogP) is 4.32. The van der Waals surface area contributed by atoms with Gasteiger partial charge in [0.15, 0.2) is 10.9 Å². The maximum absolute atomic E-state index is 13.2. The summed E-state index contributed by atoms with van der Waals surface area (Å²) in [6.45, 7) is 3.92. The molecule has 2 aromatic carbocycles. The first-order valence-corrected chi connectivity index (χ1v) is 10.3. The second kappa shape index (κ2) is 7.72. The van der Waals surface area contributed by atoms with Crippen molar-refractivity contribution in [2.24, 2.45) is 7.05 Å². The highest BCUT2D eigenvalue weighted by molar-refractivity contribution is 7.99. The summed E-state index contributed by atoms with van der Waals surface area (Å²) in [7, 11) is 1.95. The minimum Gasteiger partial charge on any atom is -0.351 e. The number of carbonyl (C=O) groups excluding carboxylic acids is 1. The Bertz CT molecular complexity index is 1270. The molecule has 0 bridgehead atoms. The second-order valence-corrected chi connectivity index (χ2v) is 7.89. The van der Waals surface area contributed by atoms with Crippen LogP contribution in [0.3, 0.4) is 0 Å². The third-order valence-corrected chi connectivity index (χ3v) is 6.11. The Balaban J connectivity index is 1.75. The summed E-state index contributed by atoms with van der Waals surface area (Å²) in [4.78, 5) is 30.7. The summed E-state index contributed by atoms with van der Waals surface area (Å²) >= 11 is 1.29. The average molecular weight is 404 g/mol. The van der Waals surface area contributed by atoms with Crippen molar-refractivity contribution in [3.63, 3.8) is 0 Å². The van der Waals surface area contributed by atoms with Crippen molar-refractivity contribution in [3.05, 3.63) is 88.0 Å². The minimum atomic E-state index is -0.136. The van der Waals surface area contributed by atoms with Gasteiger partial charge < -0.3 is 4.57 Å². The first-order valence-electron chi connectivity index (χ1n) is 9.33. The van der Waals surface area contributed by atoms with Crippen LogP contribution >= 0.6 is 11.8 Å². The standard InChI is InChI=1S/C23H21N3O2S/c1-15-13-19(16(2)25(15)3)21(27)14-29-23-24-20-12-8-7-11-18(20)22(28)26(23)17-9-5-4-6-10-17/h4-13H,14H2,1-3H3. The molecular formula is C23H21N3O2S. The molecule has 6 heteroatoms. The van der Waals surface area contributed by atoms with E-state index in [4.69, 9.17) is 4.98 Å². The molecule has 0 aliphatic carbocycles. The Hall–Kier alpha value is -3.12. The lowest BCUT2D eigenvalue weighted by Gasteiger charge is -2.13. The molecule has 0 saturated carbocycles. The number of rotatable bonds is 5. The molecule has 4 aromatic rings. The molecular weight excluding hydrogens is 382 g/mol. The molecule has 0 radical (unpaired) electrons. The van der Waals surface area contributed by atoms with E-state index < -0.39 is 0 Å². The quantitative estimate of drug-likeness (QED) is 0.283. The number of carbonyl (C=O) groups is 1. The van der Waals surface area contributed by atoms with Gasteiger partial charge >= 0.3 is 0 Å². The first-order chi connectivity index (χ1) is 14.0. The summed E-state index contributed by atoms with van der Waals surface area (Å²) < 4.78 is 3.59. The van der Waals surface area contributed by atoms with Crippen molar-refractivity contribution in [3.8, 4) is 5.69 Å². The molecule has 29 heavy (non-hydrogen) atoms. The Labute approximate surface area is 173 Å². The largest absolute Gasteiger partial charge is 0.351 e.